The number of alkyl carbamates (subject to hydrolysis) is 1. The van der Waals surface area contributed by atoms with Gasteiger partial charge in [-0.1, -0.05) is 0 Å². The third-order valence-electron chi connectivity index (χ3n) is 2.83. The minimum absolute atomic E-state index is 0.0110. The van der Waals surface area contributed by atoms with E-state index >= 15 is 0 Å². The van der Waals surface area contributed by atoms with Crippen LogP contribution in [-0.4, -0.2) is 54.5 Å². The first-order valence-corrected chi connectivity index (χ1v) is 7.05. The summed E-state index contributed by atoms with van der Waals surface area (Å²) >= 11 is 0. The van der Waals surface area contributed by atoms with Gasteiger partial charge in [-0.25, -0.2) is 4.79 Å². The predicted molar refractivity (Wildman–Crippen MR) is 79.8 cm³/mol. The number of rotatable bonds is 3. The second-order valence-corrected chi connectivity index (χ2v) is 5.71. The Balaban J connectivity index is 0.00000191. The van der Waals surface area contributed by atoms with E-state index in [9.17, 15) is 14.4 Å². The fourth-order valence-corrected chi connectivity index (χ4v) is 2.05. The summed E-state index contributed by atoms with van der Waals surface area (Å²) in [5.41, 5.74) is 3.91. The van der Waals surface area contributed by atoms with Crippen molar-refractivity contribution >= 4 is 17.8 Å². The number of amides is 2. The number of ketones is 1. The molecule has 0 bridgehead atoms. The van der Waals surface area contributed by atoms with Crippen LogP contribution in [0, 0.1) is 0 Å². The highest BCUT2D eigenvalue weighted by Crippen LogP contribution is 2.17. The highest BCUT2D eigenvalue weighted by atomic mass is 16.6. The monoisotopic (exact) mass is 301 g/mol. The normalized spacial score (nSPS) is 17.6. The van der Waals surface area contributed by atoms with Gasteiger partial charge in [-0.3, -0.25) is 9.59 Å². The number of nitrogens with zero attached hydrogens (tertiary/aromatic N) is 1. The van der Waals surface area contributed by atoms with Gasteiger partial charge in [0.2, 0.25) is 5.91 Å². The number of ether oxygens (including phenoxy) is 1. The Morgan fingerprint density at radius 2 is 1.86 bits per heavy atom. The van der Waals surface area contributed by atoms with Gasteiger partial charge in [-0.2, -0.15) is 0 Å². The van der Waals surface area contributed by atoms with Crippen molar-refractivity contribution in [3.8, 4) is 0 Å². The molecule has 7 heteroatoms. The van der Waals surface area contributed by atoms with Crippen molar-refractivity contribution in [3.05, 3.63) is 0 Å². The van der Waals surface area contributed by atoms with E-state index in [0.717, 1.165) is 6.42 Å². The molecule has 1 unspecified atom stereocenters. The maximum atomic E-state index is 11.9. The van der Waals surface area contributed by atoms with Crippen molar-refractivity contribution in [1.82, 2.24) is 10.2 Å². The minimum Gasteiger partial charge on any atom is -0.444 e. The highest BCUT2D eigenvalue weighted by Gasteiger charge is 2.31. The molecule has 0 aromatic heterocycles. The number of nitrogens with one attached hydrogen (secondary N) is 1. The number of hydrogen-bond acceptors (Lipinski definition) is 5. The molecule has 1 atom stereocenters. The molecule has 2 amide bonds. The molecular weight excluding hydrogens is 274 g/mol. The zero-order valence-electron chi connectivity index (χ0n) is 13.6. The Labute approximate surface area is 126 Å². The number of likely N-dealkylation sites (tertiary alicyclic amines) is 1. The smallest absolute Gasteiger partial charge is 0.408 e. The van der Waals surface area contributed by atoms with Crippen molar-refractivity contribution in [2.75, 3.05) is 20.1 Å². The molecule has 122 valence electrons. The molecule has 0 saturated carbocycles. The van der Waals surface area contributed by atoms with Crippen molar-refractivity contribution < 1.29 is 19.1 Å². The van der Waals surface area contributed by atoms with Crippen molar-refractivity contribution in [2.24, 2.45) is 5.73 Å². The number of carbonyl (C=O) groups excluding carboxylic acids is 3. The fraction of sp³-hybridized carbons (Fsp3) is 0.786. The first-order valence-electron chi connectivity index (χ1n) is 7.05. The Hall–Kier alpha value is -1.63. The van der Waals surface area contributed by atoms with Crippen LogP contribution in [0.2, 0.25) is 0 Å². The number of carbonyl (C=O) groups is 3. The highest BCUT2D eigenvalue weighted by molar-refractivity contribution is 5.89. The molecular formula is C14H27N3O4. The van der Waals surface area contributed by atoms with Crippen LogP contribution in [0.5, 0.6) is 0 Å². The molecule has 7 nitrogen and oxygen atoms in total. The molecule has 1 heterocycles. The summed E-state index contributed by atoms with van der Waals surface area (Å²) in [5.74, 6) is -0.258. The first-order chi connectivity index (χ1) is 9.70. The van der Waals surface area contributed by atoms with E-state index in [1.807, 2.05) is 0 Å². The predicted octanol–water partition coefficient (Wildman–Crippen LogP) is 0.666. The lowest BCUT2D eigenvalue weighted by Gasteiger charge is -2.23. The molecule has 0 radical (unpaired) electrons. The SMILES string of the molecule is CC(=O)C1CCCN1C(=O)CNC(=O)OC(C)(C)C.CN. The molecule has 0 aliphatic carbocycles. The average Bonchev–Trinajstić information content (AvgIpc) is 2.85. The molecule has 0 spiro atoms. The van der Waals surface area contributed by atoms with Gasteiger partial charge in [0.25, 0.3) is 0 Å². The molecule has 1 aliphatic heterocycles. The van der Waals surface area contributed by atoms with E-state index < -0.39 is 11.7 Å². The largest absolute Gasteiger partial charge is 0.444 e. The van der Waals surface area contributed by atoms with Gasteiger partial charge >= 0.3 is 6.09 Å². The van der Waals surface area contributed by atoms with Gasteiger partial charge < -0.3 is 20.7 Å². The van der Waals surface area contributed by atoms with Crippen LogP contribution < -0.4 is 11.1 Å². The Bertz CT molecular complexity index is 377. The third kappa shape index (κ3) is 7.08. The maximum Gasteiger partial charge on any atom is 0.408 e. The van der Waals surface area contributed by atoms with Gasteiger partial charge in [0.15, 0.2) is 5.78 Å². The van der Waals surface area contributed by atoms with E-state index in [1.165, 1.54) is 18.9 Å². The molecule has 1 saturated heterocycles. The summed E-state index contributed by atoms with van der Waals surface area (Å²) in [4.78, 5) is 36.3. The van der Waals surface area contributed by atoms with E-state index in [2.05, 4.69) is 11.1 Å². The lowest BCUT2D eigenvalue weighted by molar-refractivity contribution is -0.136. The van der Waals surface area contributed by atoms with Crippen LogP contribution in [0.15, 0.2) is 0 Å². The molecule has 0 aromatic rings. The van der Waals surface area contributed by atoms with Crippen LogP contribution in [0.4, 0.5) is 4.79 Å². The molecule has 1 rings (SSSR count). The third-order valence-corrected chi connectivity index (χ3v) is 2.83. The zero-order valence-corrected chi connectivity index (χ0v) is 13.6. The lowest BCUT2D eigenvalue weighted by atomic mass is 10.1. The Morgan fingerprint density at radius 3 is 2.33 bits per heavy atom. The summed E-state index contributed by atoms with van der Waals surface area (Å²) in [6.07, 6.45) is 0.898. The van der Waals surface area contributed by atoms with E-state index in [0.29, 0.717) is 13.0 Å². The minimum atomic E-state index is -0.626. The van der Waals surface area contributed by atoms with Gasteiger partial charge in [0, 0.05) is 6.54 Å². The first kappa shape index (κ1) is 19.4. The summed E-state index contributed by atoms with van der Waals surface area (Å²) in [6, 6.07) is -0.340. The quantitative estimate of drug-likeness (QED) is 0.797. The average molecular weight is 301 g/mol. The van der Waals surface area contributed by atoms with Crippen LogP contribution in [0.1, 0.15) is 40.5 Å². The Morgan fingerprint density at radius 1 is 1.29 bits per heavy atom. The second-order valence-electron chi connectivity index (χ2n) is 5.71. The van der Waals surface area contributed by atoms with E-state index in [-0.39, 0.29) is 24.3 Å². The van der Waals surface area contributed by atoms with Crippen LogP contribution in [0.25, 0.3) is 0 Å². The van der Waals surface area contributed by atoms with Gasteiger partial charge in [0.05, 0.1) is 6.04 Å². The van der Waals surface area contributed by atoms with Gasteiger partial charge in [-0.15, -0.1) is 0 Å². The number of nitrogens with two attached hydrogens (primary N) is 1. The number of hydrogen-bond donors (Lipinski definition) is 2. The zero-order chi connectivity index (χ0) is 16.6. The van der Waals surface area contributed by atoms with Crippen LogP contribution in [-0.2, 0) is 14.3 Å². The van der Waals surface area contributed by atoms with Gasteiger partial charge in [-0.05, 0) is 47.6 Å². The summed E-state index contributed by atoms with van der Waals surface area (Å²) < 4.78 is 5.04. The topological polar surface area (TPSA) is 102 Å². The molecule has 21 heavy (non-hydrogen) atoms. The molecule has 3 N–H and O–H groups in total. The summed E-state index contributed by atoms with van der Waals surface area (Å²) in [6.45, 7) is 7.16. The van der Waals surface area contributed by atoms with E-state index in [1.54, 1.807) is 20.8 Å². The molecule has 1 fully saturated rings. The number of Topliss-reactive ketones (excluding diaryl/α,β-unsaturated/α-hetero) is 1. The molecule has 0 aromatic carbocycles. The summed E-state index contributed by atoms with van der Waals surface area (Å²) in [5, 5.41) is 2.41. The van der Waals surface area contributed by atoms with Crippen LogP contribution >= 0.6 is 0 Å². The van der Waals surface area contributed by atoms with Crippen molar-refractivity contribution in [3.63, 3.8) is 0 Å². The van der Waals surface area contributed by atoms with Crippen LogP contribution in [0.3, 0.4) is 0 Å². The fourth-order valence-electron chi connectivity index (χ4n) is 2.05. The maximum absolute atomic E-state index is 11.9. The molecule has 1 aliphatic rings. The van der Waals surface area contributed by atoms with Crippen molar-refractivity contribution in [2.45, 2.75) is 52.2 Å². The van der Waals surface area contributed by atoms with Gasteiger partial charge in [0.1, 0.15) is 12.1 Å². The Kier molecular flexibility index (Phi) is 7.94. The lowest BCUT2D eigenvalue weighted by Crippen LogP contribution is -2.45. The van der Waals surface area contributed by atoms with E-state index in [4.69, 9.17) is 4.74 Å². The standard InChI is InChI=1S/C13H22N2O4.CH5N/c1-9(16)10-6-5-7-15(10)11(17)8-14-12(18)19-13(2,3)4;1-2/h10H,5-8H2,1-4H3,(H,14,18);2H2,1H3. The summed E-state index contributed by atoms with van der Waals surface area (Å²) in [7, 11) is 1.50. The second kappa shape index (κ2) is 8.61. The van der Waals surface area contributed by atoms with Crippen molar-refractivity contribution in [1.29, 1.82) is 0 Å².